The Hall–Kier alpha value is -3.99. The van der Waals surface area contributed by atoms with Gasteiger partial charge in [0.05, 0.1) is 17.4 Å². The topological polar surface area (TPSA) is 60.9 Å². The van der Waals surface area contributed by atoms with Gasteiger partial charge in [-0.2, -0.15) is 9.90 Å². The van der Waals surface area contributed by atoms with Crippen molar-refractivity contribution >= 4 is 11.0 Å². The van der Waals surface area contributed by atoms with Crippen LogP contribution in [0.4, 0.5) is 0 Å². The molecule has 0 unspecified atom stereocenters. The summed E-state index contributed by atoms with van der Waals surface area (Å²) in [7, 11) is 0. The Balaban J connectivity index is 1.56. The Morgan fingerprint density at radius 2 is 1.66 bits per heavy atom. The Morgan fingerprint density at radius 3 is 2.48 bits per heavy atom. The van der Waals surface area contributed by atoms with Gasteiger partial charge < -0.3 is 4.42 Å². The SMILES string of the molecule is Cc1ccccc1-n1ncc(-c2ccc3cc(-c4ccccc4)c(=O)oc3c2)n1. The molecule has 2 heterocycles. The lowest BCUT2D eigenvalue weighted by Crippen LogP contribution is -2.02. The zero-order valence-corrected chi connectivity index (χ0v) is 15.7. The van der Waals surface area contributed by atoms with Crippen LogP contribution in [0.1, 0.15) is 5.56 Å². The Morgan fingerprint density at radius 1 is 0.862 bits per heavy atom. The number of hydrogen-bond donors (Lipinski definition) is 0. The first kappa shape index (κ1) is 17.1. The first-order chi connectivity index (χ1) is 14.2. The second-order valence-corrected chi connectivity index (χ2v) is 6.87. The summed E-state index contributed by atoms with van der Waals surface area (Å²) in [5.41, 5.74) is 5.14. The maximum Gasteiger partial charge on any atom is 0.344 e. The molecule has 5 heteroatoms. The van der Waals surface area contributed by atoms with Gasteiger partial charge in [0.25, 0.3) is 0 Å². The van der Waals surface area contributed by atoms with Gasteiger partial charge in [-0.15, -0.1) is 5.10 Å². The molecular formula is C24H17N3O2. The number of aryl methyl sites for hydroxylation is 1. The second kappa shape index (κ2) is 6.87. The summed E-state index contributed by atoms with van der Waals surface area (Å²) in [5.74, 6) is 0. The van der Waals surface area contributed by atoms with E-state index in [1.165, 1.54) is 0 Å². The van der Waals surface area contributed by atoms with Crippen LogP contribution < -0.4 is 5.63 Å². The quantitative estimate of drug-likeness (QED) is 0.413. The lowest BCUT2D eigenvalue weighted by Gasteiger charge is -2.04. The highest BCUT2D eigenvalue weighted by Gasteiger charge is 2.11. The van der Waals surface area contributed by atoms with Gasteiger partial charge in [-0.1, -0.05) is 60.7 Å². The molecule has 0 saturated carbocycles. The monoisotopic (exact) mass is 379 g/mol. The number of nitrogens with zero attached hydrogens (tertiary/aromatic N) is 3. The molecule has 0 aliphatic carbocycles. The van der Waals surface area contributed by atoms with Gasteiger partial charge in [-0.3, -0.25) is 0 Å². The average molecular weight is 379 g/mol. The highest BCUT2D eigenvalue weighted by Crippen LogP contribution is 2.26. The van der Waals surface area contributed by atoms with Gasteiger partial charge in [-0.05, 0) is 36.2 Å². The summed E-state index contributed by atoms with van der Waals surface area (Å²) in [6.07, 6.45) is 1.71. The summed E-state index contributed by atoms with van der Waals surface area (Å²) in [5, 5.41) is 9.84. The Labute approximate surface area is 166 Å². The number of rotatable bonds is 3. The zero-order valence-electron chi connectivity index (χ0n) is 15.7. The van der Waals surface area contributed by atoms with Gasteiger partial charge in [-0.25, -0.2) is 4.79 Å². The number of para-hydroxylation sites is 1. The third-order valence-electron chi connectivity index (χ3n) is 4.94. The molecule has 0 aliphatic heterocycles. The summed E-state index contributed by atoms with van der Waals surface area (Å²) in [6.45, 7) is 2.02. The smallest absolute Gasteiger partial charge is 0.344 e. The average Bonchev–Trinajstić information content (AvgIpc) is 3.24. The predicted octanol–water partition coefficient (Wildman–Crippen LogP) is 5.02. The maximum absolute atomic E-state index is 12.5. The van der Waals surface area contributed by atoms with E-state index >= 15 is 0 Å². The molecule has 0 radical (unpaired) electrons. The van der Waals surface area contributed by atoms with Gasteiger partial charge in [0, 0.05) is 10.9 Å². The predicted molar refractivity (Wildman–Crippen MR) is 113 cm³/mol. The minimum atomic E-state index is -0.357. The largest absolute Gasteiger partial charge is 0.422 e. The summed E-state index contributed by atoms with van der Waals surface area (Å²) in [6, 6.07) is 25.1. The van der Waals surface area contributed by atoms with Crippen molar-refractivity contribution in [2.45, 2.75) is 6.92 Å². The fourth-order valence-corrected chi connectivity index (χ4v) is 3.39. The summed E-state index contributed by atoms with van der Waals surface area (Å²) < 4.78 is 5.61. The van der Waals surface area contributed by atoms with Crippen LogP contribution in [0, 0.1) is 6.92 Å². The first-order valence-electron chi connectivity index (χ1n) is 9.31. The van der Waals surface area contributed by atoms with Crippen LogP contribution in [-0.4, -0.2) is 15.0 Å². The van der Waals surface area contributed by atoms with E-state index in [0.717, 1.165) is 27.8 Å². The molecule has 5 nitrogen and oxygen atoms in total. The van der Waals surface area contributed by atoms with Crippen molar-refractivity contribution in [2.75, 3.05) is 0 Å². The van der Waals surface area contributed by atoms with Gasteiger partial charge in [0.1, 0.15) is 11.3 Å². The number of aromatic nitrogens is 3. The van der Waals surface area contributed by atoms with Crippen molar-refractivity contribution in [3.8, 4) is 28.1 Å². The molecule has 3 aromatic carbocycles. The van der Waals surface area contributed by atoms with Crippen LogP contribution in [-0.2, 0) is 0 Å². The molecular weight excluding hydrogens is 362 g/mol. The van der Waals surface area contributed by atoms with Crippen LogP contribution in [0.3, 0.4) is 0 Å². The molecule has 5 rings (SSSR count). The minimum Gasteiger partial charge on any atom is -0.422 e. The second-order valence-electron chi connectivity index (χ2n) is 6.87. The van der Waals surface area contributed by atoms with E-state index in [-0.39, 0.29) is 5.63 Å². The molecule has 0 fully saturated rings. The van der Waals surface area contributed by atoms with Crippen molar-refractivity contribution in [3.63, 3.8) is 0 Å². The van der Waals surface area contributed by atoms with E-state index in [1.807, 2.05) is 85.8 Å². The molecule has 5 aromatic rings. The number of benzene rings is 3. The highest BCUT2D eigenvalue weighted by atomic mass is 16.4. The molecule has 2 aromatic heterocycles. The maximum atomic E-state index is 12.5. The summed E-state index contributed by atoms with van der Waals surface area (Å²) in [4.78, 5) is 14.1. The number of hydrogen-bond acceptors (Lipinski definition) is 4. The molecule has 0 N–H and O–H groups in total. The molecule has 0 aliphatic rings. The van der Waals surface area contributed by atoms with E-state index in [9.17, 15) is 4.79 Å². The van der Waals surface area contributed by atoms with Crippen molar-refractivity contribution in [1.29, 1.82) is 0 Å². The van der Waals surface area contributed by atoms with Crippen LogP contribution in [0.25, 0.3) is 39.0 Å². The Bertz CT molecular complexity index is 1380. The molecule has 0 spiro atoms. The first-order valence-corrected chi connectivity index (χ1v) is 9.31. The molecule has 0 atom stereocenters. The van der Waals surface area contributed by atoms with E-state index in [0.29, 0.717) is 16.8 Å². The lowest BCUT2D eigenvalue weighted by molar-refractivity contribution is 0.563. The minimum absolute atomic E-state index is 0.357. The van der Waals surface area contributed by atoms with E-state index < -0.39 is 0 Å². The van der Waals surface area contributed by atoms with E-state index in [1.54, 1.807) is 11.0 Å². The van der Waals surface area contributed by atoms with Crippen LogP contribution in [0.15, 0.2) is 94.3 Å². The standard InChI is InChI=1S/C24H17N3O2/c1-16-7-5-6-10-22(16)27-25-15-21(26-27)18-11-12-19-13-20(17-8-3-2-4-9-17)24(28)29-23(19)14-18/h2-15H,1H3. The van der Waals surface area contributed by atoms with Crippen molar-refractivity contribution < 1.29 is 4.42 Å². The lowest BCUT2D eigenvalue weighted by atomic mass is 10.0. The van der Waals surface area contributed by atoms with E-state index in [2.05, 4.69) is 10.2 Å². The third kappa shape index (κ3) is 3.12. The normalized spacial score (nSPS) is 11.1. The van der Waals surface area contributed by atoms with Crippen LogP contribution in [0.5, 0.6) is 0 Å². The van der Waals surface area contributed by atoms with Gasteiger partial charge in [0.2, 0.25) is 0 Å². The molecule has 0 saturated heterocycles. The molecule has 140 valence electrons. The van der Waals surface area contributed by atoms with Gasteiger partial charge in [0.15, 0.2) is 0 Å². The summed E-state index contributed by atoms with van der Waals surface area (Å²) >= 11 is 0. The zero-order chi connectivity index (χ0) is 19.8. The van der Waals surface area contributed by atoms with Crippen LogP contribution in [0.2, 0.25) is 0 Å². The van der Waals surface area contributed by atoms with Crippen molar-refractivity contribution in [3.05, 3.63) is 101 Å². The van der Waals surface area contributed by atoms with Crippen molar-refractivity contribution in [2.24, 2.45) is 0 Å². The van der Waals surface area contributed by atoms with Crippen molar-refractivity contribution in [1.82, 2.24) is 15.0 Å². The fraction of sp³-hybridized carbons (Fsp3) is 0.0417. The molecule has 0 amide bonds. The third-order valence-corrected chi connectivity index (χ3v) is 4.94. The van der Waals surface area contributed by atoms with E-state index in [4.69, 9.17) is 4.42 Å². The highest BCUT2D eigenvalue weighted by molar-refractivity contribution is 5.85. The fourth-order valence-electron chi connectivity index (χ4n) is 3.39. The molecule has 29 heavy (non-hydrogen) atoms. The molecule has 0 bridgehead atoms. The number of fused-ring (bicyclic) bond motifs is 1. The Kier molecular flexibility index (Phi) is 4.06. The van der Waals surface area contributed by atoms with Gasteiger partial charge >= 0.3 is 5.63 Å². The van der Waals surface area contributed by atoms with Crippen LogP contribution >= 0.6 is 0 Å².